The summed E-state index contributed by atoms with van der Waals surface area (Å²) >= 11 is 3.60. The zero-order valence-corrected chi connectivity index (χ0v) is 11.2. The Bertz CT molecular complexity index is 764. The van der Waals surface area contributed by atoms with Gasteiger partial charge in [0.05, 0.1) is 0 Å². The lowest BCUT2D eigenvalue weighted by Crippen LogP contribution is -1.78. The van der Waals surface area contributed by atoms with Crippen LogP contribution in [0.4, 0.5) is 0 Å². The second-order valence-electron chi connectivity index (χ2n) is 4.32. The summed E-state index contributed by atoms with van der Waals surface area (Å²) < 4.78 is 1.39. The number of hydrogen-bond donors (Lipinski definition) is 0. The van der Waals surface area contributed by atoms with E-state index in [0.29, 0.717) is 0 Å². The predicted octanol–water partition coefficient (Wildman–Crippen LogP) is 5.78. The fourth-order valence-electron chi connectivity index (χ4n) is 2.43. The molecule has 2 heteroatoms. The molecule has 0 nitrogen and oxygen atoms in total. The Labute approximate surface area is 113 Å². The number of rotatable bonds is 1. The average molecular weight is 266 g/mol. The van der Waals surface area contributed by atoms with Crippen LogP contribution < -0.4 is 0 Å². The van der Waals surface area contributed by atoms with Gasteiger partial charge in [-0.05, 0) is 38.5 Å². The number of fused-ring (bicyclic) bond motifs is 2. The Morgan fingerprint density at radius 1 is 0.722 bits per heavy atom. The van der Waals surface area contributed by atoms with Crippen molar-refractivity contribution in [2.45, 2.75) is 0 Å². The highest BCUT2D eigenvalue weighted by Crippen LogP contribution is 2.37. The van der Waals surface area contributed by atoms with Crippen LogP contribution in [0.2, 0.25) is 0 Å². The molecule has 0 saturated heterocycles. The molecule has 86 valence electrons. The standard InChI is InChI=1S/C16H10S2/c1-3-11-7-8-18-16(11)14(6-1)13-5-2-4-12-9-17-10-15(12)13/h1-10H. The van der Waals surface area contributed by atoms with Crippen molar-refractivity contribution < 1.29 is 0 Å². The van der Waals surface area contributed by atoms with E-state index >= 15 is 0 Å². The monoisotopic (exact) mass is 266 g/mol. The van der Waals surface area contributed by atoms with Crippen LogP contribution >= 0.6 is 22.7 Å². The van der Waals surface area contributed by atoms with Gasteiger partial charge in [0.1, 0.15) is 0 Å². The summed E-state index contributed by atoms with van der Waals surface area (Å²) in [6, 6.07) is 15.3. The third-order valence-corrected chi connectivity index (χ3v) is 5.02. The highest BCUT2D eigenvalue weighted by atomic mass is 32.1. The minimum absolute atomic E-state index is 1.34. The maximum Gasteiger partial charge on any atom is 0.0421 e. The lowest BCUT2D eigenvalue weighted by atomic mass is 10.0. The van der Waals surface area contributed by atoms with Gasteiger partial charge in [-0.2, -0.15) is 11.3 Å². The summed E-state index contributed by atoms with van der Waals surface area (Å²) in [5.41, 5.74) is 2.70. The first kappa shape index (κ1) is 10.3. The van der Waals surface area contributed by atoms with Crippen molar-refractivity contribution in [1.82, 2.24) is 0 Å². The van der Waals surface area contributed by atoms with Crippen molar-refractivity contribution in [3.8, 4) is 11.1 Å². The van der Waals surface area contributed by atoms with Gasteiger partial charge < -0.3 is 0 Å². The molecule has 0 radical (unpaired) electrons. The molecule has 0 bridgehead atoms. The second kappa shape index (κ2) is 3.94. The Hall–Kier alpha value is -1.64. The van der Waals surface area contributed by atoms with Crippen LogP contribution in [-0.4, -0.2) is 0 Å². The minimum Gasteiger partial charge on any atom is -0.151 e. The third-order valence-electron chi connectivity index (χ3n) is 3.29. The van der Waals surface area contributed by atoms with E-state index in [0.717, 1.165) is 0 Å². The summed E-state index contributed by atoms with van der Waals surface area (Å²) in [5.74, 6) is 0. The average Bonchev–Trinajstić information content (AvgIpc) is 3.06. The van der Waals surface area contributed by atoms with Crippen LogP contribution in [0.1, 0.15) is 0 Å². The second-order valence-corrected chi connectivity index (χ2v) is 5.98. The van der Waals surface area contributed by atoms with E-state index < -0.39 is 0 Å². The zero-order valence-electron chi connectivity index (χ0n) is 9.59. The van der Waals surface area contributed by atoms with Gasteiger partial charge in [-0.15, -0.1) is 11.3 Å². The normalized spacial score (nSPS) is 11.3. The zero-order chi connectivity index (χ0) is 11.9. The predicted molar refractivity (Wildman–Crippen MR) is 82.6 cm³/mol. The molecule has 2 aromatic carbocycles. The van der Waals surface area contributed by atoms with Gasteiger partial charge in [-0.3, -0.25) is 0 Å². The molecule has 0 aliphatic rings. The molecule has 0 saturated carbocycles. The van der Waals surface area contributed by atoms with Gasteiger partial charge in [0.15, 0.2) is 0 Å². The lowest BCUT2D eigenvalue weighted by molar-refractivity contribution is 1.75. The molecular formula is C16H10S2. The van der Waals surface area contributed by atoms with E-state index in [4.69, 9.17) is 0 Å². The molecule has 18 heavy (non-hydrogen) atoms. The van der Waals surface area contributed by atoms with Crippen LogP contribution in [0.3, 0.4) is 0 Å². The molecule has 4 aromatic rings. The van der Waals surface area contributed by atoms with Gasteiger partial charge >= 0.3 is 0 Å². The maximum atomic E-state index is 2.25. The van der Waals surface area contributed by atoms with Crippen LogP contribution in [0, 0.1) is 0 Å². The third kappa shape index (κ3) is 1.43. The molecule has 0 spiro atoms. The van der Waals surface area contributed by atoms with Crippen LogP contribution in [0.15, 0.2) is 58.6 Å². The van der Waals surface area contributed by atoms with Gasteiger partial charge in [0, 0.05) is 15.6 Å². The van der Waals surface area contributed by atoms with E-state index in [-0.39, 0.29) is 0 Å². The smallest absolute Gasteiger partial charge is 0.0421 e. The quantitative estimate of drug-likeness (QED) is 0.409. The fourth-order valence-corrected chi connectivity index (χ4v) is 4.18. The molecule has 0 fully saturated rings. The molecule has 2 heterocycles. The minimum atomic E-state index is 1.34. The van der Waals surface area contributed by atoms with E-state index in [2.05, 4.69) is 58.6 Å². The molecule has 0 amide bonds. The van der Waals surface area contributed by atoms with Crippen molar-refractivity contribution in [1.29, 1.82) is 0 Å². The summed E-state index contributed by atoms with van der Waals surface area (Å²) in [7, 11) is 0. The van der Waals surface area contributed by atoms with Gasteiger partial charge in [0.2, 0.25) is 0 Å². The molecule has 0 atom stereocenters. The first-order valence-electron chi connectivity index (χ1n) is 5.85. The molecular weight excluding hydrogens is 256 g/mol. The topological polar surface area (TPSA) is 0 Å². The SMILES string of the molecule is c1cc(-c2cccc3ccsc23)c2cscc2c1. The van der Waals surface area contributed by atoms with Crippen LogP contribution in [0.25, 0.3) is 32.0 Å². The number of benzene rings is 2. The van der Waals surface area contributed by atoms with E-state index in [1.807, 2.05) is 11.3 Å². The van der Waals surface area contributed by atoms with E-state index in [9.17, 15) is 0 Å². The highest BCUT2D eigenvalue weighted by molar-refractivity contribution is 7.17. The summed E-state index contributed by atoms with van der Waals surface area (Å²) in [6.07, 6.45) is 0. The summed E-state index contributed by atoms with van der Waals surface area (Å²) in [6.45, 7) is 0. The van der Waals surface area contributed by atoms with Crippen molar-refractivity contribution in [3.63, 3.8) is 0 Å². The molecule has 0 aliphatic heterocycles. The Morgan fingerprint density at radius 3 is 2.50 bits per heavy atom. The number of hydrogen-bond acceptors (Lipinski definition) is 2. The molecule has 0 unspecified atom stereocenters. The summed E-state index contributed by atoms with van der Waals surface area (Å²) in [4.78, 5) is 0. The van der Waals surface area contributed by atoms with Crippen molar-refractivity contribution in [3.05, 3.63) is 58.6 Å². The Balaban J connectivity index is 2.13. The summed E-state index contributed by atoms with van der Waals surface area (Å²) in [5, 5.41) is 10.7. The Kier molecular flexibility index (Phi) is 2.25. The van der Waals surface area contributed by atoms with Crippen LogP contribution in [0.5, 0.6) is 0 Å². The Morgan fingerprint density at radius 2 is 1.56 bits per heavy atom. The highest BCUT2D eigenvalue weighted by Gasteiger charge is 2.08. The van der Waals surface area contributed by atoms with Gasteiger partial charge in [-0.1, -0.05) is 36.4 Å². The largest absolute Gasteiger partial charge is 0.151 e. The van der Waals surface area contributed by atoms with E-state index in [1.54, 1.807) is 11.3 Å². The van der Waals surface area contributed by atoms with Crippen molar-refractivity contribution in [2.24, 2.45) is 0 Å². The van der Waals surface area contributed by atoms with Gasteiger partial charge in [-0.25, -0.2) is 0 Å². The number of thiophene rings is 2. The van der Waals surface area contributed by atoms with Crippen LogP contribution in [-0.2, 0) is 0 Å². The van der Waals surface area contributed by atoms with Gasteiger partial charge in [0.25, 0.3) is 0 Å². The first-order valence-corrected chi connectivity index (χ1v) is 7.67. The first-order chi connectivity index (χ1) is 8.93. The molecule has 2 aromatic heterocycles. The van der Waals surface area contributed by atoms with E-state index in [1.165, 1.54) is 32.0 Å². The maximum absolute atomic E-state index is 2.25. The van der Waals surface area contributed by atoms with Crippen molar-refractivity contribution >= 4 is 43.5 Å². The molecule has 0 N–H and O–H groups in total. The molecule has 0 aliphatic carbocycles. The fraction of sp³-hybridized carbons (Fsp3) is 0. The van der Waals surface area contributed by atoms with Crippen molar-refractivity contribution in [2.75, 3.05) is 0 Å². The molecule has 4 rings (SSSR count). The lowest BCUT2D eigenvalue weighted by Gasteiger charge is -2.05.